The summed E-state index contributed by atoms with van der Waals surface area (Å²) in [6.45, 7) is 1.20. The Morgan fingerprint density at radius 2 is 2.26 bits per heavy atom. The molecule has 1 N–H and O–H groups in total. The zero-order valence-electron chi connectivity index (χ0n) is 10.5. The normalized spacial score (nSPS) is 17.6. The average Bonchev–Trinajstić information content (AvgIpc) is 2.93. The molecule has 4 nitrogen and oxygen atoms in total. The molecule has 98 valence electrons. The Hall–Kier alpha value is -1.75. The van der Waals surface area contributed by atoms with Gasteiger partial charge in [0.1, 0.15) is 0 Å². The standard InChI is InChI=1S/C14H15N3OS/c18-14(16-9-11-1-5-15-6-2-11)17-7-3-12-4-8-19-13(12)10-17/h1-3,5-6,10H,4,7-9H2,(H,16,18). The van der Waals surface area contributed by atoms with Crippen molar-refractivity contribution in [2.24, 2.45) is 0 Å². The van der Waals surface area contributed by atoms with Crippen molar-refractivity contribution >= 4 is 17.8 Å². The lowest BCUT2D eigenvalue weighted by molar-refractivity contribution is 0.218. The number of thioether (sulfide) groups is 1. The molecule has 0 radical (unpaired) electrons. The van der Waals surface area contributed by atoms with Crippen molar-refractivity contribution in [3.63, 3.8) is 0 Å². The highest BCUT2D eigenvalue weighted by Crippen LogP contribution is 2.37. The number of pyridine rings is 1. The third-order valence-corrected chi connectivity index (χ3v) is 4.29. The van der Waals surface area contributed by atoms with Gasteiger partial charge < -0.3 is 5.32 Å². The molecule has 0 saturated carbocycles. The molecular formula is C14H15N3OS. The molecule has 2 aliphatic heterocycles. The molecule has 1 aromatic rings. The Labute approximate surface area is 116 Å². The number of carbonyl (C=O) groups is 1. The van der Waals surface area contributed by atoms with Gasteiger partial charge >= 0.3 is 6.03 Å². The summed E-state index contributed by atoms with van der Waals surface area (Å²) < 4.78 is 0. The van der Waals surface area contributed by atoms with Crippen LogP contribution in [0.25, 0.3) is 0 Å². The van der Waals surface area contributed by atoms with Crippen LogP contribution in [0, 0.1) is 0 Å². The van der Waals surface area contributed by atoms with Gasteiger partial charge in [-0.15, -0.1) is 11.8 Å². The van der Waals surface area contributed by atoms with Gasteiger partial charge in [0, 0.05) is 42.3 Å². The summed E-state index contributed by atoms with van der Waals surface area (Å²) in [4.78, 5) is 19.0. The predicted molar refractivity (Wildman–Crippen MR) is 76.4 cm³/mol. The summed E-state index contributed by atoms with van der Waals surface area (Å²) in [5.74, 6) is 1.13. The van der Waals surface area contributed by atoms with Gasteiger partial charge in [-0.05, 0) is 29.7 Å². The number of carbonyl (C=O) groups excluding carboxylic acids is 1. The summed E-state index contributed by atoms with van der Waals surface area (Å²) in [6, 6.07) is 3.76. The first kappa shape index (κ1) is 12.3. The summed E-state index contributed by atoms with van der Waals surface area (Å²) in [6.07, 6.45) is 8.71. The smallest absolute Gasteiger partial charge is 0.322 e. The minimum Gasteiger partial charge on any atom is -0.334 e. The summed E-state index contributed by atoms with van der Waals surface area (Å²) in [7, 11) is 0. The minimum absolute atomic E-state index is 0.0490. The van der Waals surface area contributed by atoms with Crippen LogP contribution in [0.4, 0.5) is 4.79 Å². The highest BCUT2D eigenvalue weighted by molar-refractivity contribution is 8.03. The second-order valence-electron chi connectivity index (χ2n) is 4.49. The van der Waals surface area contributed by atoms with E-state index in [1.54, 1.807) is 17.3 Å². The number of fused-ring (bicyclic) bond motifs is 1. The number of rotatable bonds is 2. The molecule has 3 heterocycles. The highest BCUT2D eigenvalue weighted by atomic mass is 32.2. The Balaban J connectivity index is 1.58. The van der Waals surface area contributed by atoms with Gasteiger partial charge in [-0.1, -0.05) is 6.08 Å². The second-order valence-corrected chi connectivity index (χ2v) is 5.62. The van der Waals surface area contributed by atoms with E-state index in [9.17, 15) is 4.79 Å². The zero-order valence-corrected chi connectivity index (χ0v) is 11.3. The molecule has 0 bridgehead atoms. The van der Waals surface area contributed by atoms with Crippen LogP contribution in [0.2, 0.25) is 0 Å². The number of allylic oxidation sites excluding steroid dienone is 1. The van der Waals surface area contributed by atoms with Gasteiger partial charge in [-0.25, -0.2) is 4.79 Å². The van der Waals surface area contributed by atoms with Crippen LogP contribution in [0.5, 0.6) is 0 Å². The molecule has 0 aromatic carbocycles. The number of amides is 2. The molecule has 0 unspecified atom stereocenters. The van der Waals surface area contributed by atoms with Gasteiger partial charge in [-0.2, -0.15) is 0 Å². The largest absolute Gasteiger partial charge is 0.334 e. The van der Waals surface area contributed by atoms with Gasteiger partial charge in [0.05, 0.1) is 0 Å². The molecule has 5 heteroatoms. The van der Waals surface area contributed by atoms with Crippen LogP contribution in [0.1, 0.15) is 12.0 Å². The molecule has 0 spiro atoms. The number of nitrogens with one attached hydrogen (secondary N) is 1. The van der Waals surface area contributed by atoms with Crippen molar-refractivity contribution in [3.05, 3.63) is 52.8 Å². The van der Waals surface area contributed by atoms with E-state index in [2.05, 4.69) is 16.4 Å². The van der Waals surface area contributed by atoms with E-state index in [0.29, 0.717) is 13.1 Å². The molecule has 19 heavy (non-hydrogen) atoms. The first-order chi connectivity index (χ1) is 9.33. The van der Waals surface area contributed by atoms with Crippen molar-refractivity contribution in [1.82, 2.24) is 15.2 Å². The monoisotopic (exact) mass is 273 g/mol. The molecule has 1 fully saturated rings. The maximum absolute atomic E-state index is 12.1. The van der Waals surface area contributed by atoms with Crippen molar-refractivity contribution in [3.8, 4) is 0 Å². The van der Waals surface area contributed by atoms with Crippen molar-refractivity contribution in [1.29, 1.82) is 0 Å². The minimum atomic E-state index is -0.0490. The van der Waals surface area contributed by atoms with Gasteiger partial charge in [0.25, 0.3) is 0 Å². The van der Waals surface area contributed by atoms with E-state index >= 15 is 0 Å². The maximum Gasteiger partial charge on any atom is 0.322 e. The number of hydrogen-bond acceptors (Lipinski definition) is 3. The third-order valence-electron chi connectivity index (χ3n) is 3.21. The molecule has 0 aliphatic carbocycles. The number of nitrogens with zero attached hydrogens (tertiary/aromatic N) is 2. The predicted octanol–water partition coefficient (Wildman–Crippen LogP) is 2.51. The van der Waals surface area contributed by atoms with E-state index in [-0.39, 0.29) is 6.03 Å². The Morgan fingerprint density at radius 3 is 3.11 bits per heavy atom. The first-order valence-electron chi connectivity index (χ1n) is 6.30. The van der Waals surface area contributed by atoms with E-state index in [4.69, 9.17) is 0 Å². The second kappa shape index (κ2) is 5.48. The number of hydrogen-bond donors (Lipinski definition) is 1. The van der Waals surface area contributed by atoms with Crippen LogP contribution in [-0.2, 0) is 6.54 Å². The summed E-state index contributed by atoms with van der Waals surface area (Å²) in [5, 5.41) is 2.92. The van der Waals surface area contributed by atoms with E-state index < -0.39 is 0 Å². The molecule has 2 aliphatic rings. The molecule has 0 atom stereocenters. The van der Waals surface area contributed by atoms with Crippen LogP contribution in [0.15, 0.2) is 47.3 Å². The van der Waals surface area contributed by atoms with Gasteiger partial charge in [-0.3, -0.25) is 9.88 Å². The maximum atomic E-state index is 12.1. The lowest BCUT2D eigenvalue weighted by atomic mass is 10.1. The Bertz CT molecular complexity index is 539. The number of aromatic nitrogens is 1. The highest BCUT2D eigenvalue weighted by Gasteiger charge is 2.21. The lowest BCUT2D eigenvalue weighted by Gasteiger charge is -2.22. The molecule has 2 amide bonds. The first-order valence-corrected chi connectivity index (χ1v) is 7.29. The topological polar surface area (TPSA) is 45.2 Å². The van der Waals surface area contributed by atoms with Gasteiger partial charge in [0.2, 0.25) is 0 Å². The van der Waals surface area contributed by atoms with Crippen LogP contribution < -0.4 is 5.32 Å². The van der Waals surface area contributed by atoms with Crippen LogP contribution in [-0.4, -0.2) is 28.2 Å². The van der Waals surface area contributed by atoms with E-state index in [1.807, 2.05) is 30.1 Å². The SMILES string of the molecule is O=C(NCc1ccncc1)N1C=C2SCCC2=CC1. The van der Waals surface area contributed by atoms with Crippen molar-refractivity contribution < 1.29 is 4.79 Å². The van der Waals surface area contributed by atoms with Crippen molar-refractivity contribution in [2.45, 2.75) is 13.0 Å². The fourth-order valence-corrected chi connectivity index (χ4v) is 3.25. The average molecular weight is 273 g/mol. The molecular weight excluding hydrogens is 258 g/mol. The fourth-order valence-electron chi connectivity index (χ4n) is 2.13. The lowest BCUT2D eigenvalue weighted by Crippen LogP contribution is -2.37. The van der Waals surface area contributed by atoms with Crippen LogP contribution >= 0.6 is 11.8 Å². The third kappa shape index (κ3) is 2.81. The number of urea groups is 1. The van der Waals surface area contributed by atoms with E-state index in [0.717, 1.165) is 17.7 Å². The zero-order chi connectivity index (χ0) is 13.1. The molecule has 1 aromatic heterocycles. The van der Waals surface area contributed by atoms with Gasteiger partial charge in [0.15, 0.2) is 0 Å². The quantitative estimate of drug-likeness (QED) is 0.900. The molecule has 3 rings (SSSR count). The summed E-state index contributed by atoms with van der Waals surface area (Å²) >= 11 is 1.82. The Morgan fingerprint density at radius 1 is 1.42 bits per heavy atom. The van der Waals surface area contributed by atoms with Crippen molar-refractivity contribution in [2.75, 3.05) is 12.3 Å². The Kier molecular flexibility index (Phi) is 3.55. The summed E-state index contributed by atoms with van der Waals surface area (Å²) in [5.41, 5.74) is 2.45. The molecule has 1 saturated heterocycles. The van der Waals surface area contributed by atoms with E-state index in [1.165, 1.54) is 10.5 Å². The van der Waals surface area contributed by atoms with Crippen LogP contribution in [0.3, 0.4) is 0 Å². The fraction of sp³-hybridized carbons (Fsp3) is 0.286.